The van der Waals surface area contributed by atoms with E-state index in [9.17, 15) is 9.00 Å². The molecule has 0 bridgehead atoms. The van der Waals surface area contributed by atoms with Crippen molar-refractivity contribution in [3.8, 4) is 0 Å². The Hall–Kier alpha value is -1.21. The van der Waals surface area contributed by atoms with E-state index in [1.54, 1.807) is 10.9 Å². The average molecular weight is 340 g/mol. The molecule has 1 fully saturated rings. The number of hydrogen-bond acceptors (Lipinski definition) is 3. The number of imidazole rings is 1. The monoisotopic (exact) mass is 340 g/mol. The third-order valence-corrected chi connectivity index (χ3v) is 5.80. The SMILES string of the molecule is CC(C)(C)S(=O)NC(c1cn(CC(N)=O)cn1)C1CCCCC1. The van der Waals surface area contributed by atoms with Gasteiger partial charge in [0, 0.05) is 6.20 Å². The maximum absolute atomic E-state index is 12.6. The zero-order valence-corrected chi connectivity index (χ0v) is 15.1. The van der Waals surface area contributed by atoms with Crippen molar-refractivity contribution in [1.82, 2.24) is 14.3 Å². The minimum atomic E-state index is -1.16. The number of rotatable bonds is 6. The Kier molecular flexibility index (Phi) is 5.97. The van der Waals surface area contributed by atoms with Crippen molar-refractivity contribution in [2.24, 2.45) is 11.7 Å². The first-order valence-electron chi connectivity index (χ1n) is 8.25. The van der Waals surface area contributed by atoms with Crippen molar-refractivity contribution in [1.29, 1.82) is 0 Å². The normalized spacial score (nSPS) is 19.4. The van der Waals surface area contributed by atoms with Gasteiger partial charge in [0.05, 0.1) is 33.8 Å². The third-order valence-electron chi connectivity index (χ3n) is 4.22. The molecule has 1 aromatic heterocycles. The van der Waals surface area contributed by atoms with Gasteiger partial charge >= 0.3 is 0 Å². The van der Waals surface area contributed by atoms with Crippen LogP contribution in [0.2, 0.25) is 0 Å². The van der Waals surface area contributed by atoms with Crippen LogP contribution in [0.5, 0.6) is 0 Å². The molecule has 2 unspecified atom stereocenters. The number of nitrogens with zero attached hydrogens (tertiary/aromatic N) is 2. The van der Waals surface area contributed by atoms with E-state index in [-0.39, 0.29) is 17.3 Å². The molecule has 0 saturated heterocycles. The Morgan fingerprint density at radius 3 is 2.65 bits per heavy atom. The number of aromatic nitrogens is 2. The molecule has 1 heterocycles. The number of carbonyl (C=O) groups is 1. The van der Waals surface area contributed by atoms with Gasteiger partial charge in [-0.1, -0.05) is 19.3 Å². The number of nitrogens with one attached hydrogen (secondary N) is 1. The van der Waals surface area contributed by atoms with Gasteiger partial charge in [-0.2, -0.15) is 0 Å². The van der Waals surface area contributed by atoms with Crippen molar-refractivity contribution >= 4 is 16.9 Å². The van der Waals surface area contributed by atoms with Crippen molar-refractivity contribution in [2.75, 3.05) is 0 Å². The molecule has 2 rings (SSSR count). The summed E-state index contributed by atoms with van der Waals surface area (Å²) in [5, 5.41) is 0. The molecule has 3 N–H and O–H groups in total. The predicted octanol–water partition coefficient (Wildman–Crippen LogP) is 2.04. The Morgan fingerprint density at radius 2 is 2.09 bits per heavy atom. The number of hydrogen-bond donors (Lipinski definition) is 2. The molecule has 2 atom stereocenters. The second-order valence-electron chi connectivity index (χ2n) is 7.31. The first-order valence-corrected chi connectivity index (χ1v) is 9.40. The first kappa shape index (κ1) is 18.1. The minimum Gasteiger partial charge on any atom is -0.368 e. The molecule has 130 valence electrons. The highest BCUT2D eigenvalue weighted by Gasteiger charge is 2.31. The van der Waals surface area contributed by atoms with Gasteiger partial charge in [-0.3, -0.25) is 4.79 Å². The van der Waals surface area contributed by atoms with Crippen LogP contribution in [0.4, 0.5) is 0 Å². The molecular formula is C16H28N4O2S. The van der Waals surface area contributed by atoms with Crippen molar-refractivity contribution < 1.29 is 9.00 Å². The fourth-order valence-corrected chi connectivity index (χ4v) is 3.86. The molecule has 0 aromatic carbocycles. The summed E-state index contributed by atoms with van der Waals surface area (Å²) in [6, 6.07) is -0.0514. The van der Waals surface area contributed by atoms with Gasteiger partial charge in [0.1, 0.15) is 6.54 Å². The Balaban J connectivity index is 2.20. The van der Waals surface area contributed by atoms with Gasteiger partial charge < -0.3 is 10.3 Å². The molecule has 0 spiro atoms. The van der Waals surface area contributed by atoms with Crippen LogP contribution in [-0.4, -0.2) is 24.4 Å². The smallest absolute Gasteiger partial charge is 0.237 e. The summed E-state index contributed by atoms with van der Waals surface area (Å²) in [6.45, 7) is 5.99. The highest BCUT2D eigenvalue weighted by molar-refractivity contribution is 7.84. The molecule has 7 heteroatoms. The number of primary amides is 1. The molecule has 1 amide bonds. The van der Waals surface area contributed by atoms with Crippen LogP contribution < -0.4 is 10.5 Å². The fourth-order valence-electron chi connectivity index (χ4n) is 2.96. The van der Waals surface area contributed by atoms with Crippen LogP contribution in [0, 0.1) is 5.92 Å². The zero-order chi connectivity index (χ0) is 17.0. The highest BCUT2D eigenvalue weighted by atomic mass is 32.2. The summed E-state index contributed by atoms with van der Waals surface area (Å²) in [5.74, 6) is 0.0290. The standard InChI is InChI=1S/C16H28N4O2S/c1-16(2,3)23(22)19-15(12-7-5-4-6-8-12)13-9-20(11-18-13)10-14(17)21/h9,11-12,15,19H,4-8,10H2,1-3H3,(H2,17,21). The topological polar surface area (TPSA) is 90.0 Å². The molecular weight excluding hydrogens is 312 g/mol. The van der Waals surface area contributed by atoms with E-state index in [0.29, 0.717) is 5.92 Å². The summed E-state index contributed by atoms with van der Waals surface area (Å²) in [6.07, 6.45) is 9.36. The van der Waals surface area contributed by atoms with Crippen LogP contribution in [0.15, 0.2) is 12.5 Å². The second kappa shape index (κ2) is 7.57. The lowest BCUT2D eigenvalue weighted by Crippen LogP contribution is -2.39. The fraction of sp³-hybridized carbons (Fsp3) is 0.750. The Bertz CT molecular complexity index is 559. The Labute approximate surface area is 140 Å². The van der Waals surface area contributed by atoms with E-state index in [4.69, 9.17) is 5.73 Å². The third kappa shape index (κ3) is 5.14. The van der Waals surface area contributed by atoms with E-state index >= 15 is 0 Å². The van der Waals surface area contributed by atoms with Crippen molar-refractivity contribution in [3.63, 3.8) is 0 Å². The summed E-state index contributed by atoms with van der Waals surface area (Å²) in [7, 11) is -1.16. The predicted molar refractivity (Wildman–Crippen MR) is 91.8 cm³/mol. The molecule has 1 aliphatic rings. The molecule has 6 nitrogen and oxygen atoms in total. The molecule has 0 aliphatic heterocycles. The van der Waals surface area contributed by atoms with Crippen LogP contribution in [0.3, 0.4) is 0 Å². The maximum Gasteiger partial charge on any atom is 0.237 e. The van der Waals surface area contributed by atoms with Gasteiger partial charge in [0.2, 0.25) is 5.91 Å². The van der Waals surface area contributed by atoms with E-state index in [1.165, 1.54) is 19.3 Å². The lowest BCUT2D eigenvalue weighted by Gasteiger charge is -2.31. The summed E-state index contributed by atoms with van der Waals surface area (Å²) in [5.41, 5.74) is 6.08. The van der Waals surface area contributed by atoms with Crippen LogP contribution in [-0.2, 0) is 22.3 Å². The molecule has 23 heavy (non-hydrogen) atoms. The van der Waals surface area contributed by atoms with Crippen molar-refractivity contribution in [3.05, 3.63) is 18.2 Å². The van der Waals surface area contributed by atoms with Gasteiger partial charge in [0.15, 0.2) is 0 Å². The van der Waals surface area contributed by atoms with E-state index in [0.717, 1.165) is 18.5 Å². The van der Waals surface area contributed by atoms with E-state index in [2.05, 4.69) is 9.71 Å². The highest BCUT2D eigenvalue weighted by Crippen LogP contribution is 2.34. The van der Waals surface area contributed by atoms with Crippen LogP contribution >= 0.6 is 0 Å². The van der Waals surface area contributed by atoms with Gasteiger partial charge in [-0.25, -0.2) is 13.9 Å². The molecule has 1 aromatic rings. The average Bonchev–Trinajstić information content (AvgIpc) is 2.91. The summed E-state index contributed by atoms with van der Waals surface area (Å²) in [4.78, 5) is 15.5. The van der Waals surface area contributed by atoms with E-state index < -0.39 is 16.9 Å². The number of carbonyl (C=O) groups excluding carboxylic acids is 1. The van der Waals surface area contributed by atoms with Gasteiger partial charge in [0.25, 0.3) is 0 Å². The van der Waals surface area contributed by atoms with E-state index in [1.807, 2.05) is 27.0 Å². The van der Waals surface area contributed by atoms with Crippen molar-refractivity contribution in [2.45, 2.75) is 70.2 Å². The van der Waals surface area contributed by atoms with Crippen LogP contribution in [0.1, 0.15) is 64.6 Å². The summed E-state index contributed by atoms with van der Waals surface area (Å²) >= 11 is 0. The Morgan fingerprint density at radius 1 is 1.43 bits per heavy atom. The summed E-state index contributed by atoms with van der Waals surface area (Å²) < 4.78 is 17.2. The lowest BCUT2D eigenvalue weighted by molar-refractivity contribution is -0.118. The largest absolute Gasteiger partial charge is 0.368 e. The van der Waals surface area contributed by atoms with Gasteiger partial charge in [-0.05, 0) is 39.5 Å². The maximum atomic E-state index is 12.6. The molecule has 1 saturated carbocycles. The number of nitrogens with two attached hydrogens (primary N) is 1. The molecule has 1 aliphatic carbocycles. The first-order chi connectivity index (χ1) is 10.8. The minimum absolute atomic E-state index is 0.0514. The lowest BCUT2D eigenvalue weighted by atomic mass is 9.83. The quantitative estimate of drug-likeness (QED) is 0.830. The van der Waals surface area contributed by atoms with Gasteiger partial charge in [-0.15, -0.1) is 0 Å². The van der Waals surface area contributed by atoms with Crippen LogP contribution in [0.25, 0.3) is 0 Å². The second-order valence-corrected chi connectivity index (χ2v) is 9.31. The molecule has 0 radical (unpaired) electrons. The number of amides is 1. The zero-order valence-electron chi connectivity index (χ0n) is 14.2.